The predicted molar refractivity (Wildman–Crippen MR) is 84.9 cm³/mol. The molecule has 0 aliphatic carbocycles. The van der Waals surface area contributed by atoms with Crippen LogP contribution in [0.5, 0.6) is 5.75 Å². The fraction of sp³-hybridized carbons (Fsp3) is 0.412. The summed E-state index contributed by atoms with van der Waals surface area (Å²) in [5.41, 5.74) is 1.95. The molecule has 1 aliphatic heterocycles. The van der Waals surface area contributed by atoms with Gasteiger partial charge in [0.15, 0.2) is 5.89 Å². The number of rotatable bonds is 5. The van der Waals surface area contributed by atoms with Gasteiger partial charge in [0.25, 0.3) is 0 Å². The van der Waals surface area contributed by atoms with E-state index in [1.807, 2.05) is 36.1 Å². The minimum atomic E-state index is 0.138. The van der Waals surface area contributed by atoms with E-state index in [1.54, 1.807) is 13.4 Å². The van der Waals surface area contributed by atoms with E-state index >= 15 is 0 Å². The summed E-state index contributed by atoms with van der Waals surface area (Å²) in [6.45, 7) is 5.05. The Hall–Kier alpha value is -2.34. The van der Waals surface area contributed by atoms with E-state index in [2.05, 4.69) is 9.88 Å². The molecule has 2 aromatic rings. The molecule has 0 saturated carbocycles. The summed E-state index contributed by atoms with van der Waals surface area (Å²) in [6, 6.07) is 7.84. The van der Waals surface area contributed by atoms with Gasteiger partial charge in [0, 0.05) is 33.1 Å². The average molecular weight is 315 g/mol. The van der Waals surface area contributed by atoms with E-state index in [1.165, 1.54) is 0 Å². The van der Waals surface area contributed by atoms with Gasteiger partial charge in [-0.2, -0.15) is 0 Å². The van der Waals surface area contributed by atoms with Crippen LogP contribution in [0.2, 0.25) is 0 Å². The van der Waals surface area contributed by atoms with Crippen LogP contribution in [0.15, 0.2) is 34.9 Å². The van der Waals surface area contributed by atoms with Crippen LogP contribution in [0, 0.1) is 6.92 Å². The van der Waals surface area contributed by atoms with E-state index in [0.29, 0.717) is 32.1 Å². The third-order valence-corrected chi connectivity index (χ3v) is 3.96. The number of carbonyl (C=O) groups is 1. The highest BCUT2D eigenvalue weighted by atomic mass is 16.5. The molecule has 0 atom stereocenters. The number of nitrogens with zero attached hydrogens (tertiary/aromatic N) is 3. The minimum Gasteiger partial charge on any atom is -0.497 e. The van der Waals surface area contributed by atoms with Crippen molar-refractivity contribution in [1.82, 2.24) is 14.8 Å². The van der Waals surface area contributed by atoms with Crippen LogP contribution < -0.4 is 4.74 Å². The second-order valence-electron chi connectivity index (χ2n) is 5.74. The number of aryl methyl sites for hydroxylation is 1. The topological polar surface area (TPSA) is 58.8 Å². The summed E-state index contributed by atoms with van der Waals surface area (Å²) in [7, 11) is 1.65. The standard InChI is InChI=1S/C17H21N3O3/c1-13-18-15(12-23-13)10-19-6-7-20(17(21)11-19)9-14-4-3-5-16(8-14)22-2/h3-5,8,12H,6-7,9-11H2,1-2H3. The Balaban J connectivity index is 1.57. The first-order chi connectivity index (χ1) is 11.1. The van der Waals surface area contributed by atoms with Gasteiger partial charge in [-0.15, -0.1) is 0 Å². The molecule has 0 unspecified atom stereocenters. The Kier molecular flexibility index (Phi) is 4.62. The van der Waals surface area contributed by atoms with Crippen molar-refractivity contribution in [1.29, 1.82) is 0 Å². The number of oxazole rings is 1. The third kappa shape index (κ3) is 3.90. The highest BCUT2D eigenvalue weighted by molar-refractivity contribution is 5.79. The Labute approximate surface area is 135 Å². The van der Waals surface area contributed by atoms with Crippen molar-refractivity contribution < 1.29 is 13.9 Å². The van der Waals surface area contributed by atoms with Crippen LogP contribution in [0.1, 0.15) is 17.1 Å². The highest BCUT2D eigenvalue weighted by Crippen LogP contribution is 2.16. The number of ether oxygens (including phenoxy) is 1. The van der Waals surface area contributed by atoms with Gasteiger partial charge in [-0.3, -0.25) is 9.69 Å². The molecule has 23 heavy (non-hydrogen) atoms. The quantitative estimate of drug-likeness (QED) is 0.842. The highest BCUT2D eigenvalue weighted by Gasteiger charge is 2.24. The number of aromatic nitrogens is 1. The van der Waals surface area contributed by atoms with Crippen LogP contribution in [-0.4, -0.2) is 47.4 Å². The molecule has 0 radical (unpaired) electrons. The van der Waals surface area contributed by atoms with Gasteiger partial charge in [0.05, 0.1) is 19.3 Å². The third-order valence-electron chi connectivity index (χ3n) is 3.96. The van der Waals surface area contributed by atoms with Crippen molar-refractivity contribution in [3.8, 4) is 5.75 Å². The number of hydrogen-bond donors (Lipinski definition) is 0. The summed E-state index contributed by atoms with van der Waals surface area (Å²) in [4.78, 5) is 20.6. The lowest BCUT2D eigenvalue weighted by Gasteiger charge is -2.34. The molecular formula is C17H21N3O3. The number of amides is 1. The maximum absolute atomic E-state index is 12.4. The average Bonchev–Trinajstić information content (AvgIpc) is 2.95. The first kappa shape index (κ1) is 15.6. The van der Waals surface area contributed by atoms with Crippen molar-refractivity contribution in [2.24, 2.45) is 0 Å². The van der Waals surface area contributed by atoms with Crippen LogP contribution in [0.3, 0.4) is 0 Å². The summed E-state index contributed by atoms with van der Waals surface area (Å²) in [5.74, 6) is 1.61. The second kappa shape index (κ2) is 6.83. The van der Waals surface area contributed by atoms with Gasteiger partial charge in [-0.1, -0.05) is 12.1 Å². The van der Waals surface area contributed by atoms with Gasteiger partial charge >= 0.3 is 0 Å². The zero-order valence-electron chi connectivity index (χ0n) is 13.5. The fourth-order valence-corrected chi connectivity index (χ4v) is 2.76. The summed E-state index contributed by atoms with van der Waals surface area (Å²) in [6.07, 6.45) is 1.66. The fourth-order valence-electron chi connectivity index (χ4n) is 2.76. The van der Waals surface area contributed by atoms with Crippen molar-refractivity contribution in [2.75, 3.05) is 26.7 Å². The number of piperazine rings is 1. The maximum Gasteiger partial charge on any atom is 0.237 e. The zero-order valence-corrected chi connectivity index (χ0v) is 13.5. The molecular weight excluding hydrogens is 294 g/mol. The van der Waals surface area contributed by atoms with Crippen molar-refractivity contribution >= 4 is 5.91 Å². The van der Waals surface area contributed by atoms with Crippen LogP contribution in [0.4, 0.5) is 0 Å². The zero-order chi connectivity index (χ0) is 16.2. The van der Waals surface area contributed by atoms with E-state index in [-0.39, 0.29) is 5.91 Å². The van der Waals surface area contributed by atoms with E-state index in [0.717, 1.165) is 23.6 Å². The van der Waals surface area contributed by atoms with E-state index < -0.39 is 0 Å². The molecule has 2 heterocycles. The van der Waals surface area contributed by atoms with Crippen LogP contribution in [0.25, 0.3) is 0 Å². The molecule has 1 aliphatic rings. The van der Waals surface area contributed by atoms with Gasteiger partial charge in [0.1, 0.15) is 12.0 Å². The van der Waals surface area contributed by atoms with E-state index in [4.69, 9.17) is 9.15 Å². The van der Waals surface area contributed by atoms with Gasteiger partial charge < -0.3 is 14.1 Å². The summed E-state index contributed by atoms with van der Waals surface area (Å²) >= 11 is 0. The SMILES string of the molecule is COc1cccc(CN2CCN(Cc3coc(C)n3)CC2=O)c1. The molecule has 0 spiro atoms. The van der Waals surface area contributed by atoms with Crippen molar-refractivity contribution in [3.05, 3.63) is 47.7 Å². The van der Waals surface area contributed by atoms with Crippen molar-refractivity contribution in [2.45, 2.75) is 20.0 Å². The van der Waals surface area contributed by atoms with Gasteiger partial charge in [-0.05, 0) is 17.7 Å². The molecule has 0 bridgehead atoms. The maximum atomic E-state index is 12.4. The minimum absolute atomic E-state index is 0.138. The molecule has 0 N–H and O–H groups in total. The normalized spacial score (nSPS) is 15.9. The predicted octanol–water partition coefficient (Wildman–Crippen LogP) is 1.84. The molecule has 1 aromatic carbocycles. The molecule has 1 aromatic heterocycles. The Morgan fingerprint density at radius 3 is 2.87 bits per heavy atom. The Bertz CT molecular complexity index is 683. The smallest absolute Gasteiger partial charge is 0.237 e. The molecule has 122 valence electrons. The first-order valence-electron chi connectivity index (χ1n) is 7.68. The number of carbonyl (C=O) groups excluding carboxylic acids is 1. The van der Waals surface area contributed by atoms with Gasteiger partial charge in [0.2, 0.25) is 5.91 Å². The lowest BCUT2D eigenvalue weighted by molar-refractivity contribution is -0.136. The number of hydrogen-bond acceptors (Lipinski definition) is 5. The lowest BCUT2D eigenvalue weighted by atomic mass is 10.2. The Morgan fingerprint density at radius 2 is 2.17 bits per heavy atom. The number of benzene rings is 1. The monoisotopic (exact) mass is 315 g/mol. The molecule has 6 heteroatoms. The molecule has 1 fully saturated rings. The van der Waals surface area contributed by atoms with Crippen molar-refractivity contribution in [3.63, 3.8) is 0 Å². The van der Waals surface area contributed by atoms with Crippen LogP contribution >= 0.6 is 0 Å². The summed E-state index contributed by atoms with van der Waals surface area (Å²) < 4.78 is 10.4. The van der Waals surface area contributed by atoms with Crippen LogP contribution in [-0.2, 0) is 17.9 Å². The number of methoxy groups -OCH3 is 1. The molecule has 3 rings (SSSR count). The van der Waals surface area contributed by atoms with Gasteiger partial charge in [-0.25, -0.2) is 4.98 Å². The Morgan fingerprint density at radius 1 is 1.30 bits per heavy atom. The van der Waals surface area contributed by atoms with E-state index in [9.17, 15) is 4.79 Å². The first-order valence-corrected chi connectivity index (χ1v) is 7.68. The largest absolute Gasteiger partial charge is 0.497 e. The second-order valence-corrected chi connectivity index (χ2v) is 5.74. The lowest BCUT2D eigenvalue weighted by Crippen LogP contribution is -2.49. The molecule has 6 nitrogen and oxygen atoms in total. The summed E-state index contributed by atoms with van der Waals surface area (Å²) in [5, 5.41) is 0. The molecule has 1 saturated heterocycles. The molecule has 1 amide bonds.